The van der Waals surface area contributed by atoms with E-state index in [0.29, 0.717) is 53.4 Å². The maximum atomic E-state index is 12.9. The minimum absolute atomic E-state index is 0.0883. The number of hydrogen-bond acceptors (Lipinski definition) is 6. The number of aromatic amines is 1. The van der Waals surface area contributed by atoms with Crippen molar-refractivity contribution >= 4 is 29.2 Å². The molecule has 0 radical (unpaired) electrons. The number of hydrogen-bond donors (Lipinski definition) is 1. The number of aromatic nitrogens is 1. The third-order valence-electron chi connectivity index (χ3n) is 5.56. The maximum absolute atomic E-state index is 12.9. The van der Waals surface area contributed by atoms with Crippen LogP contribution < -0.4 is 19.8 Å². The molecule has 0 spiro atoms. The summed E-state index contributed by atoms with van der Waals surface area (Å²) in [7, 11) is 0. The predicted molar refractivity (Wildman–Crippen MR) is 119 cm³/mol. The van der Waals surface area contributed by atoms with Crippen molar-refractivity contribution in [1.82, 2.24) is 5.32 Å². The quantitative estimate of drug-likeness (QED) is 0.479. The minimum Gasteiger partial charge on any atom is -0.489 e. The molecule has 2 aliphatic rings. The number of esters is 1. The van der Waals surface area contributed by atoms with Gasteiger partial charge in [-0.15, -0.1) is 0 Å². The summed E-state index contributed by atoms with van der Waals surface area (Å²) < 4.78 is 47.6. The second-order valence-corrected chi connectivity index (χ2v) is 8.98. The van der Waals surface area contributed by atoms with Crippen LogP contribution in [0.4, 0.5) is 8.78 Å². The number of carbonyl (C=O) groups excluding carboxylic acids is 1. The van der Waals surface area contributed by atoms with E-state index >= 15 is 0 Å². The molecule has 0 bridgehead atoms. The van der Waals surface area contributed by atoms with Gasteiger partial charge in [0.05, 0.1) is 13.2 Å². The van der Waals surface area contributed by atoms with Gasteiger partial charge >= 0.3 is 12.6 Å². The molecule has 1 aliphatic carbocycles. The summed E-state index contributed by atoms with van der Waals surface area (Å²) >= 11 is 12.7. The minimum atomic E-state index is -3.00. The molecule has 2 fully saturated rings. The Labute approximate surface area is 205 Å². The Morgan fingerprint density at radius 1 is 1.21 bits per heavy atom. The van der Waals surface area contributed by atoms with Crippen molar-refractivity contribution in [3.05, 3.63) is 51.8 Å². The first-order valence-corrected chi connectivity index (χ1v) is 11.7. The van der Waals surface area contributed by atoms with Gasteiger partial charge in [0.2, 0.25) is 0 Å². The summed E-state index contributed by atoms with van der Waals surface area (Å²) in [5, 5.41) is 3.82. The van der Waals surface area contributed by atoms with Gasteiger partial charge in [-0.25, -0.2) is 9.78 Å². The molecule has 4 rings (SSSR count). The van der Waals surface area contributed by atoms with Crippen LogP contribution in [0.3, 0.4) is 0 Å². The lowest BCUT2D eigenvalue weighted by atomic mass is 10.0. The van der Waals surface area contributed by atoms with Crippen LogP contribution in [-0.2, 0) is 20.7 Å². The third-order valence-corrected chi connectivity index (χ3v) is 6.24. The number of H-pyrrole nitrogens is 1. The highest BCUT2D eigenvalue weighted by molar-refractivity contribution is 6.35. The number of pyridine rings is 1. The lowest BCUT2D eigenvalue weighted by Crippen LogP contribution is -2.44. The van der Waals surface area contributed by atoms with Gasteiger partial charge in [0.15, 0.2) is 30.0 Å². The summed E-state index contributed by atoms with van der Waals surface area (Å²) in [4.78, 5) is 15.7. The number of carbonyl (C=O) groups is 1. The second kappa shape index (κ2) is 11.5. The van der Waals surface area contributed by atoms with E-state index in [1.807, 2.05) is 0 Å². The number of halogens is 4. The molecule has 1 aromatic carbocycles. The molecular formula is C23H25Cl2F2N2O5+. The van der Waals surface area contributed by atoms with Gasteiger partial charge in [0.1, 0.15) is 16.1 Å². The smallest absolute Gasteiger partial charge is 0.387 e. The SMILES string of the molecule is O=C(O[C@@H](Cc1c(Cl)c[nH+]cc1Cl)c1ccc(OC(F)F)c(OCC2CC2)c1)[C@H]1CNCCO1. The topological polar surface area (TPSA) is 80.2 Å². The van der Waals surface area contributed by atoms with E-state index in [9.17, 15) is 13.6 Å². The van der Waals surface area contributed by atoms with Crippen LogP contribution in [0.15, 0.2) is 30.6 Å². The Kier molecular flexibility index (Phi) is 8.41. The average Bonchev–Trinajstić information content (AvgIpc) is 3.65. The molecule has 7 nitrogen and oxygen atoms in total. The van der Waals surface area contributed by atoms with Gasteiger partial charge in [-0.1, -0.05) is 29.3 Å². The van der Waals surface area contributed by atoms with E-state index in [1.54, 1.807) is 24.5 Å². The van der Waals surface area contributed by atoms with Crippen molar-refractivity contribution < 1.29 is 37.5 Å². The molecule has 2 heterocycles. The van der Waals surface area contributed by atoms with Gasteiger partial charge in [0.25, 0.3) is 0 Å². The zero-order valence-corrected chi connectivity index (χ0v) is 19.7. The molecule has 2 aromatic rings. The summed E-state index contributed by atoms with van der Waals surface area (Å²) in [5.74, 6) is -0.0966. The van der Waals surface area contributed by atoms with Gasteiger partial charge in [0, 0.05) is 25.1 Å². The zero-order valence-electron chi connectivity index (χ0n) is 18.2. The monoisotopic (exact) mass is 517 g/mol. The first kappa shape index (κ1) is 24.9. The Morgan fingerprint density at radius 3 is 2.62 bits per heavy atom. The van der Waals surface area contributed by atoms with E-state index in [1.165, 1.54) is 6.07 Å². The zero-order chi connectivity index (χ0) is 24.1. The molecule has 1 aromatic heterocycles. The highest BCUT2D eigenvalue weighted by Gasteiger charge is 2.29. The predicted octanol–water partition coefficient (Wildman–Crippen LogP) is 4.01. The van der Waals surface area contributed by atoms with E-state index in [-0.39, 0.29) is 17.9 Å². The van der Waals surface area contributed by atoms with Gasteiger partial charge in [-0.05, 0) is 36.5 Å². The molecule has 34 heavy (non-hydrogen) atoms. The Bertz CT molecular complexity index is 983. The Hall–Kier alpha value is -2.20. The fraction of sp³-hybridized carbons (Fsp3) is 0.478. The highest BCUT2D eigenvalue weighted by Crippen LogP contribution is 2.37. The molecule has 2 atom stereocenters. The first-order valence-electron chi connectivity index (χ1n) is 11.0. The first-order chi connectivity index (χ1) is 16.4. The van der Waals surface area contributed by atoms with E-state index in [4.69, 9.17) is 37.4 Å². The van der Waals surface area contributed by atoms with Gasteiger partial charge < -0.3 is 24.3 Å². The molecule has 1 saturated carbocycles. The molecule has 0 unspecified atom stereocenters. The number of morpholine rings is 1. The highest BCUT2D eigenvalue weighted by atomic mass is 35.5. The standard InChI is InChI=1S/C23H24Cl2F2N2O5/c24-16-9-29-10-17(25)15(16)8-19(33-22(30)21-11-28-5-6-31-21)14-3-4-18(34-23(26)27)20(7-14)32-12-13-1-2-13/h3-4,7,9-10,13,19,21,23,28H,1-2,5-6,8,11-12H2/p+1/t19-,21+/m0/s1. The van der Waals surface area contributed by atoms with Crippen molar-refractivity contribution in [2.75, 3.05) is 26.3 Å². The van der Waals surface area contributed by atoms with Crippen LogP contribution in [0.1, 0.15) is 30.1 Å². The molecule has 184 valence electrons. The summed E-state index contributed by atoms with van der Waals surface area (Å²) in [6, 6.07) is 4.48. The van der Waals surface area contributed by atoms with Crippen LogP contribution in [0.25, 0.3) is 0 Å². The maximum Gasteiger partial charge on any atom is 0.387 e. The summed E-state index contributed by atoms with van der Waals surface area (Å²) in [5.41, 5.74) is 1.08. The lowest BCUT2D eigenvalue weighted by Gasteiger charge is -2.26. The van der Waals surface area contributed by atoms with Gasteiger partial charge in [-0.3, -0.25) is 0 Å². The normalized spacial score (nSPS) is 19.0. The van der Waals surface area contributed by atoms with E-state index in [0.717, 1.165) is 12.8 Å². The number of rotatable bonds is 10. The van der Waals surface area contributed by atoms with Crippen LogP contribution in [0.2, 0.25) is 10.0 Å². The van der Waals surface area contributed by atoms with E-state index in [2.05, 4.69) is 15.0 Å². The third kappa shape index (κ3) is 6.69. The Morgan fingerprint density at radius 2 is 1.97 bits per heavy atom. The van der Waals surface area contributed by atoms with Crippen LogP contribution in [0.5, 0.6) is 11.5 Å². The molecule has 11 heteroatoms. The number of ether oxygens (including phenoxy) is 4. The molecule has 2 N–H and O–H groups in total. The summed E-state index contributed by atoms with van der Waals surface area (Å²) in [6.45, 7) is -1.26. The number of nitrogens with one attached hydrogen (secondary N) is 2. The van der Waals surface area contributed by atoms with Crippen LogP contribution in [-0.4, -0.2) is 45.0 Å². The number of alkyl halides is 2. The molecule has 0 amide bonds. The van der Waals surface area contributed by atoms with Crippen molar-refractivity contribution in [2.24, 2.45) is 5.92 Å². The largest absolute Gasteiger partial charge is 0.489 e. The Balaban J connectivity index is 1.63. The van der Waals surface area contributed by atoms with Crippen molar-refractivity contribution in [3.63, 3.8) is 0 Å². The fourth-order valence-corrected chi connectivity index (χ4v) is 4.07. The molecule has 1 saturated heterocycles. The van der Waals surface area contributed by atoms with Gasteiger partial charge in [-0.2, -0.15) is 8.78 Å². The lowest BCUT2D eigenvalue weighted by molar-refractivity contribution is -0.377. The summed E-state index contributed by atoms with van der Waals surface area (Å²) in [6.07, 6.45) is 3.75. The van der Waals surface area contributed by atoms with Crippen LogP contribution >= 0.6 is 23.2 Å². The van der Waals surface area contributed by atoms with Crippen molar-refractivity contribution in [2.45, 2.75) is 38.1 Å². The van der Waals surface area contributed by atoms with E-state index < -0.39 is 24.8 Å². The van der Waals surface area contributed by atoms with Crippen molar-refractivity contribution in [1.29, 1.82) is 0 Å². The fourth-order valence-electron chi connectivity index (χ4n) is 3.54. The molecule has 1 aliphatic heterocycles. The van der Waals surface area contributed by atoms with Crippen molar-refractivity contribution in [3.8, 4) is 11.5 Å². The molecular weight excluding hydrogens is 493 g/mol. The average molecular weight is 518 g/mol. The number of benzene rings is 1. The van der Waals surface area contributed by atoms with Crippen LogP contribution in [0, 0.1) is 5.92 Å². The second-order valence-electron chi connectivity index (χ2n) is 8.16.